The Morgan fingerprint density at radius 1 is 1.53 bits per heavy atom. The fourth-order valence-electron chi connectivity index (χ4n) is 1.26. The number of rotatable bonds is 5. The normalized spacial score (nSPS) is 12.2. The monoisotopic (exact) mass is 240 g/mol. The third kappa shape index (κ3) is 4.13. The van der Waals surface area contributed by atoms with Crippen molar-refractivity contribution in [2.45, 2.75) is 26.4 Å². The zero-order valence-electron chi connectivity index (χ0n) is 9.73. The summed E-state index contributed by atoms with van der Waals surface area (Å²) in [6.07, 6.45) is 3.08. The van der Waals surface area contributed by atoms with Gasteiger partial charge in [-0.1, -0.05) is 13.8 Å². The molecule has 0 fully saturated rings. The maximum atomic E-state index is 11.4. The molecule has 1 rings (SSSR count). The van der Waals surface area contributed by atoms with Crippen molar-refractivity contribution in [1.82, 2.24) is 20.6 Å². The van der Waals surface area contributed by atoms with Gasteiger partial charge >= 0.3 is 12.0 Å². The zero-order chi connectivity index (χ0) is 12.8. The van der Waals surface area contributed by atoms with E-state index in [0.717, 1.165) is 5.69 Å². The van der Waals surface area contributed by atoms with Crippen LogP contribution in [0.1, 0.15) is 19.5 Å². The van der Waals surface area contributed by atoms with Crippen LogP contribution in [-0.4, -0.2) is 33.1 Å². The lowest BCUT2D eigenvalue weighted by atomic mass is 10.1. The maximum absolute atomic E-state index is 11.4. The van der Waals surface area contributed by atoms with E-state index in [0.29, 0.717) is 0 Å². The number of carboxylic acids is 1. The first-order valence-corrected chi connectivity index (χ1v) is 5.25. The number of nitrogens with one attached hydrogen (secondary N) is 3. The summed E-state index contributed by atoms with van der Waals surface area (Å²) in [6.45, 7) is 3.73. The first-order valence-electron chi connectivity index (χ1n) is 5.25. The summed E-state index contributed by atoms with van der Waals surface area (Å²) in [4.78, 5) is 28.9. The Morgan fingerprint density at radius 3 is 2.71 bits per heavy atom. The number of aromatic amines is 1. The molecule has 2 amide bonds. The fourth-order valence-corrected chi connectivity index (χ4v) is 1.26. The van der Waals surface area contributed by atoms with Crippen molar-refractivity contribution >= 4 is 12.0 Å². The third-order valence-electron chi connectivity index (χ3n) is 2.21. The number of amides is 2. The molecule has 0 aliphatic rings. The Labute approximate surface area is 98.6 Å². The highest BCUT2D eigenvalue weighted by molar-refractivity contribution is 5.82. The van der Waals surface area contributed by atoms with Gasteiger partial charge in [-0.05, 0) is 5.92 Å². The predicted molar refractivity (Wildman–Crippen MR) is 60.2 cm³/mol. The fraction of sp³-hybridized carbons (Fsp3) is 0.500. The Bertz CT molecular complexity index is 375. The topological polar surface area (TPSA) is 107 Å². The van der Waals surface area contributed by atoms with Gasteiger partial charge < -0.3 is 20.7 Å². The van der Waals surface area contributed by atoms with Gasteiger partial charge in [0.2, 0.25) is 0 Å². The van der Waals surface area contributed by atoms with Crippen LogP contribution < -0.4 is 10.6 Å². The van der Waals surface area contributed by atoms with E-state index in [1.807, 2.05) is 0 Å². The molecule has 0 aromatic carbocycles. The lowest BCUT2D eigenvalue weighted by Gasteiger charge is -2.17. The van der Waals surface area contributed by atoms with Crippen molar-refractivity contribution in [3.63, 3.8) is 0 Å². The number of nitrogens with zero attached hydrogens (tertiary/aromatic N) is 1. The minimum atomic E-state index is -1.04. The van der Waals surface area contributed by atoms with Crippen LogP contribution in [-0.2, 0) is 11.3 Å². The van der Waals surface area contributed by atoms with Crippen LogP contribution in [0, 0.1) is 5.92 Å². The highest BCUT2D eigenvalue weighted by atomic mass is 16.4. The number of urea groups is 1. The Morgan fingerprint density at radius 2 is 2.24 bits per heavy atom. The molecule has 0 aliphatic heterocycles. The van der Waals surface area contributed by atoms with Gasteiger partial charge in [-0.3, -0.25) is 0 Å². The number of hydrogen-bond acceptors (Lipinski definition) is 3. The lowest BCUT2D eigenvalue weighted by Crippen LogP contribution is -2.48. The van der Waals surface area contributed by atoms with Gasteiger partial charge in [0.25, 0.3) is 0 Å². The minimum Gasteiger partial charge on any atom is -0.480 e. The van der Waals surface area contributed by atoms with Gasteiger partial charge in [0, 0.05) is 6.20 Å². The lowest BCUT2D eigenvalue weighted by molar-refractivity contribution is -0.140. The second kappa shape index (κ2) is 5.88. The van der Waals surface area contributed by atoms with Crippen LogP contribution in [0.2, 0.25) is 0 Å². The van der Waals surface area contributed by atoms with Crippen LogP contribution in [0.3, 0.4) is 0 Å². The van der Waals surface area contributed by atoms with Crippen LogP contribution in [0.15, 0.2) is 12.5 Å². The summed E-state index contributed by atoms with van der Waals surface area (Å²) in [5.41, 5.74) is 0.747. The molecule has 94 valence electrons. The molecule has 17 heavy (non-hydrogen) atoms. The molecule has 1 aromatic rings. The number of hydrogen-bond donors (Lipinski definition) is 4. The molecule has 0 unspecified atom stereocenters. The van der Waals surface area contributed by atoms with Crippen molar-refractivity contribution in [3.05, 3.63) is 18.2 Å². The van der Waals surface area contributed by atoms with Crippen molar-refractivity contribution < 1.29 is 14.7 Å². The van der Waals surface area contributed by atoms with Crippen LogP contribution >= 0.6 is 0 Å². The number of carbonyl (C=O) groups is 2. The van der Waals surface area contributed by atoms with Gasteiger partial charge in [-0.2, -0.15) is 0 Å². The minimum absolute atomic E-state index is 0.176. The molecule has 0 spiro atoms. The number of carbonyl (C=O) groups excluding carboxylic acids is 1. The van der Waals surface area contributed by atoms with Crippen LogP contribution in [0.4, 0.5) is 4.79 Å². The highest BCUT2D eigenvalue weighted by Crippen LogP contribution is 2.01. The molecule has 7 nitrogen and oxygen atoms in total. The molecule has 0 saturated heterocycles. The van der Waals surface area contributed by atoms with Crippen LogP contribution in [0.5, 0.6) is 0 Å². The zero-order valence-corrected chi connectivity index (χ0v) is 9.73. The van der Waals surface area contributed by atoms with Crippen molar-refractivity contribution in [2.75, 3.05) is 0 Å². The smallest absolute Gasteiger partial charge is 0.326 e. The van der Waals surface area contributed by atoms with E-state index >= 15 is 0 Å². The second-order valence-electron chi connectivity index (χ2n) is 3.96. The van der Waals surface area contributed by atoms with Crippen molar-refractivity contribution in [2.24, 2.45) is 5.92 Å². The van der Waals surface area contributed by atoms with E-state index < -0.39 is 18.0 Å². The van der Waals surface area contributed by atoms with E-state index in [-0.39, 0.29) is 12.5 Å². The van der Waals surface area contributed by atoms with Crippen LogP contribution in [0.25, 0.3) is 0 Å². The van der Waals surface area contributed by atoms with E-state index in [9.17, 15) is 9.59 Å². The van der Waals surface area contributed by atoms with E-state index in [1.165, 1.54) is 6.33 Å². The molecule has 1 heterocycles. The van der Waals surface area contributed by atoms with Gasteiger partial charge in [-0.15, -0.1) is 0 Å². The van der Waals surface area contributed by atoms with Crippen molar-refractivity contribution in [1.29, 1.82) is 0 Å². The molecular weight excluding hydrogens is 224 g/mol. The average Bonchev–Trinajstić information content (AvgIpc) is 2.74. The van der Waals surface area contributed by atoms with E-state index in [4.69, 9.17) is 5.11 Å². The predicted octanol–water partition coefficient (Wildman–Crippen LogP) is 0.318. The molecule has 1 aromatic heterocycles. The van der Waals surface area contributed by atoms with Gasteiger partial charge in [-0.25, -0.2) is 14.6 Å². The Balaban J connectivity index is 2.40. The van der Waals surface area contributed by atoms with E-state index in [1.54, 1.807) is 20.0 Å². The highest BCUT2D eigenvalue weighted by Gasteiger charge is 2.23. The Hall–Kier alpha value is -2.05. The summed E-state index contributed by atoms with van der Waals surface area (Å²) < 4.78 is 0. The number of H-pyrrole nitrogens is 1. The van der Waals surface area contributed by atoms with Crippen molar-refractivity contribution in [3.8, 4) is 0 Å². The first kappa shape index (κ1) is 13.0. The summed E-state index contributed by atoms with van der Waals surface area (Å²) in [6, 6.07) is -1.41. The summed E-state index contributed by atoms with van der Waals surface area (Å²) >= 11 is 0. The summed E-state index contributed by atoms with van der Waals surface area (Å²) in [5.74, 6) is -1.22. The molecule has 0 radical (unpaired) electrons. The van der Waals surface area contributed by atoms with Gasteiger partial charge in [0.15, 0.2) is 0 Å². The Kier molecular flexibility index (Phi) is 4.50. The van der Waals surface area contributed by atoms with E-state index in [2.05, 4.69) is 20.6 Å². The molecule has 1 atom stereocenters. The number of carboxylic acid groups (broad SMARTS) is 1. The molecule has 7 heteroatoms. The largest absolute Gasteiger partial charge is 0.480 e. The maximum Gasteiger partial charge on any atom is 0.326 e. The molecular formula is C10H16N4O3. The standard InChI is InChI=1S/C10H16N4O3/c1-6(2)8(9(15)16)14-10(17)12-4-7-3-11-5-13-7/h3,5-6,8H,4H2,1-2H3,(H,11,13)(H,15,16)(H2,12,14,17)/t8-/m0/s1. The molecule has 0 saturated carbocycles. The number of aliphatic carboxylic acids is 1. The third-order valence-corrected chi connectivity index (χ3v) is 2.21. The molecule has 0 bridgehead atoms. The number of aromatic nitrogens is 2. The summed E-state index contributed by atoms with van der Waals surface area (Å²) in [7, 11) is 0. The molecule has 0 aliphatic carbocycles. The second-order valence-corrected chi connectivity index (χ2v) is 3.96. The first-order chi connectivity index (χ1) is 8.00. The molecule has 4 N–H and O–H groups in total. The quantitative estimate of drug-likeness (QED) is 0.594. The number of imidazole rings is 1. The average molecular weight is 240 g/mol. The van der Waals surface area contributed by atoms with Gasteiger partial charge in [0.1, 0.15) is 6.04 Å². The summed E-state index contributed by atoms with van der Waals surface area (Å²) in [5, 5.41) is 13.8. The van der Waals surface area contributed by atoms with Gasteiger partial charge in [0.05, 0.1) is 18.6 Å². The SMILES string of the molecule is CC(C)[C@H](NC(=O)NCc1cnc[nH]1)C(=O)O.